The molecule has 1 saturated heterocycles. The van der Waals surface area contributed by atoms with Crippen molar-refractivity contribution in [2.75, 3.05) is 6.61 Å². The van der Waals surface area contributed by atoms with E-state index in [0.717, 1.165) is 11.1 Å². The van der Waals surface area contributed by atoms with E-state index in [1.165, 1.54) is 0 Å². The molecule has 1 heterocycles. The summed E-state index contributed by atoms with van der Waals surface area (Å²) in [4.78, 5) is 0. The maximum atomic E-state index is 9.80. The van der Waals surface area contributed by atoms with Crippen LogP contribution < -0.4 is 0 Å². The molecular weight excluding hydrogens is 264 g/mol. The summed E-state index contributed by atoms with van der Waals surface area (Å²) in [6, 6.07) is 7.65. The third kappa shape index (κ3) is 3.35. The molecule has 112 valence electrons. The molecule has 2 rings (SSSR count). The summed E-state index contributed by atoms with van der Waals surface area (Å²) < 4.78 is 10.7. The number of hydrogen-bond donors (Lipinski definition) is 4. The number of benzene rings is 1. The highest BCUT2D eigenvalue weighted by molar-refractivity contribution is 5.20. The van der Waals surface area contributed by atoms with Gasteiger partial charge in [0, 0.05) is 0 Å². The van der Waals surface area contributed by atoms with E-state index >= 15 is 0 Å². The van der Waals surface area contributed by atoms with Crippen LogP contribution in [-0.2, 0) is 16.1 Å². The van der Waals surface area contributed by atoms with Crippen molar-refractivity contribution in [1.82, 2.24) is 0 Å². The zero-order valence-corrected chi connectivity index (χ0v) is 11.2. The van der Waals surface area contributed by atoms with Crippen LogP contribution >= 0.6 is 0 Å². The molecule has 5 atom stereocenters. The van der Waals surface area contributed by atoms with Crippen LogP contribution in [0.5, 0.6) is 0 Å². The first-order valence-electron chi connectivity index (χ1n) is 6.50. The summed E-state index contributed by atoms with van der Waals surface area (Å²) >= 11 is 0. The predicted molar refractivity (Wildman–Crippen MR) is 69.7 cm³/mol. The summed E-state index contributed by atoms with van der Waals surface area (Å²) in [6.07, 6.45) is -6.18. The zero-order valence-electron chi connectivity index (χ0n) is 11.2. The van der Waals surface area contributed by atoms with Crippen molar-refractivity contribution in [3.8, 4) is 0 Å². The maximum absolute atomic E-state index is 9.80. The van der Waals surface area contributed by atoms with Crippen LogP contribution in [0.2, 0.25) is 0 Å². The first kappa shape index (κ1) is 15.4. The first-order valence-corrected chi connectivity index (χ1v) is 6.50. The minimum absolute atomic E-state index is 0.197. The molecule has 4 N–H and O–H groups in total. The second kappa shape index (κ2) is 6.62. The van der Waals surface area contributed by atoms with E-state index in [2.05, 4.69) is 0 Å². The van der Waals surface area contributed by atoms with Crippen molar-refractivity contribution in [3.63, 3.8) is 0 Å². The summed E-state index contributed by atoms with van der Waals surface area (Å²) in [5.74, 6) is 0. The highest BCUT2D eigenvalue weighted by Gasteiger charge is 2.43. The minimum atomic E-state index is -1.41. The molecule has 0 amide bonds. The predicted octanol–water partition coefficient (Wildman–Crippen LogP) is -0.688. The molecule has 6 heteroatoms. The van der Waals surface area contributed by atoms with E-state index in [9.17, 15) is 15.3 Å². The first-order chi connectivity index (χ1) is 9.52. The highest BCUT2D eigenvalue weighted by atomic mass is 16.7. The Morgan fingerprint density at radius 1 is 1.05 bits per heavy atom. The highest BCUT2D eigenvalue weighted by Crippen LogP contribution is 2.22. The van der Waals surface area contributed by atoms with Crippen molar-refractivity contribution in [2.24, 2.45) is 0 Å². The van der Waals surface area contributed by atoms with Gasteiger partial charge in [0.2, 0.25) is 0 Å². The van der Waals surface area contributed by atoms with Gasteiger partial charge in [-0.2, -0.15) is 0 Å². The molecule has 0 spiro atoms. The van der Waals surface area contributed by atoms with Gasteiger partial charge >= 0.3 is 0 Å². The van der Waals surface area contributed by atoms with Crippen LogP contribution in [0.3, 0.4) is 0 Å². The van der Waals surface area contributed by atoms with Crippen molar-refractivity contribution in [3.05, 3.63) is 35.4 Å². The molecule has 1 aliphatic rings. The lowest BCUT2D eigenvalue weighted by molar-refractivity contribution is -0.304. The summed E-state index contributed by atoms with van der Waals surface area (Å²) in [5, 5.41) is 38.1. The average molecular weight is 284 g/mol. The fraction of sp³-hybridized carbons (Fsp3) is 0.571. The Morgan fingerprint density at radius 3 is 2.30 bits per heavy atom. The SMILES string of the molecule is Cc1ccc(CO[C@H]2OC(CO)[C@@H](O)[C@H](O)C2O)cc1. The molecule has 1 aliphatic heterocycles. The van der Waals surface area contributed by atoms with E-state index in [0.29, 0.717) is 0 Å². The van der Waals surface area contributed by atoms with Gasteiger partial charge in [0.05, 0.1) is 13.2 Å². The zero-order chi connectivity index (χ0) is 14.7. The second-order valence-electron chi connectivity index (χ2n) is 4.99. The van der Waals surface area contributed by atoms with Gasteiger partial charge in [-0.25, -0.2) is 0 Å². The molecule has 2 unspecified atom stereocenters. The Labute approximate surface area is 117 Å². The van der Waals surface area contributed by atoms with E-state index in [4.69, 9.17) is 14.6 Å². The van der Waals surface area contributed by atoms with Crippen LogP contribution in [0.4, 0.5) is 0 Å². The number of ether oxygens (including phenoxy) is 2. The van der Waals surface area contributed by atoms with Gasteiger partial charge in [0.1, 0.15) is 24.4 Å². The topological polar surface area (TPSA) is 99.4 Å². The van der Waals surface area contributed by atoms with Gasteiger partial charge in [0.25, 0.3) is 0 Å². The Balaban J connectivity index is 1.95. The van der Waals surface area contributed by atoms with E-state index < -0.39 is 37.3 Å². The van der Waals surface area contributed by atoms with Crippen LogP contribution in [-0.4, -0.2) is 57.7 Å². The fourth-order valence-corrected chi connectivity index (χ4v) is 2.07. The standard InChI is InChI=1S/C14H20O6/c1-8-2-4-9(5-3-8)7-19-14-13(18)12(17)11(16)10(6-15)20-14/h2-5,10-18H,6-7H2,1H3/t10?,11-,12+,13?,14+/m1/s1. The quantitative estimate of drug-likeness (QED) is 0.584. The molecule has 0 aromatic heterocycles. The Hall–Kier alpha value is -1.02. The summed E-state index contributed by atoms with van der Waals surface area (Å²) in [6.45, 7) is 1.71. The fourth-order valence-electron chi connectivity index (χ4n) is 2.07. The van der Waals surface area contributed by atoms with Gasteiger partial charge in [0.15, 0.2) is 6.29 Å². The normalized spacial score (nSPS) is 34.1. The van der Waals surface area contributed by atoms with Crippen LogP contribution in [0.15, 0.2) is 24.3 Å². The molecule has 6 nitrogen and oxygen atoms in total. The molecular formula is C14H20O6. The molecule has 0 aliphatic carbocycles. The van der Waals surface area contributed by atoms with Crippen LogP contribution in [0.1, 0.15) is 11.1 Å². The van der Waals surface area contributed by atoms with Gasteiger partial charge in [-0.1, -0.05) is 29.8 Å². The number of hydrogen-bond acceptors (Lipinski definition) is 6. The van der Waals surface area contributed by atoms with Gasteiger partial charge in [-0.15, -0.1) is 0 Å². The maximum Gasteiger partial charge on any atom is 0.187 e. The second-order valence-corrected chi connectivity index (χ2v) is 4.99. The van der Waals surface area contributed by atoms with Crippen molar-refractivity contribution >= 4 is 0 Å². The summed E-state index contributed by atoms with van der Waals surface area (Å²) in [7, 11) is 0. The minimum Gasteiger partial charge on any atom is -0.394 e. The molecule has 0 saturated carbocycles. The van der Waals surface area contributed by atoms with Gasteiger partial charge < -0.3 is 29.9 Å². The largest absolute Gasteiger partial charge is 0.394 e. The number of aliphatic hydroxyl groups excluding tert-OH is 4. The Kier molecular flexibility index (Phi) is 5.09. The van der Waals surface area contributed by atoms with Crippen LogP contribution in [0, 0.1) is 6.92 Å². The van der Waals surface area contributed by atoms with Crippen molar-refractivity contribution < 1.29 is 29.9 Å². The monoisotopic (exact) mass is 284 g/mol. The Bertz CT molecular complexity index is 418. The van der Waals surface area contributed by atoms with E-state index in [1.807, 2.05) is 31.2 Å². The van der Waals surface area contributed by atoms with Crippen molar-refractivity contribution in [1.29, 1.82) is 0 Å². The number of aryl methyl sites for hydroxylation is 1. The lowest BCUT2D eigenvalue weighted by atomic mass is 9.99. The molecule has 20 heavy (non-hydrogen) atoms. The average Bonchev–Trinajstić information content (AvgIpc) is 2.46. The molecule has 0 radical (unpaired) electrons. The van der Waals surface area contributed by atoms with E-state index in [-0.39, 0.29) is 6.61 Å². The molecule has 1 aromatic carbocycles. The summed E-state index contributed by atoms with van der Waals surface area (Å²) in [5.41, 5.74) is 2.02. The molecule has 1 fully saturated rings. The van der Waals surface area contributed by atoms with Crippen molar-refractivity contribution in [2.45, 2.75) is 44.2 Å². The third-order valence-electron chi connectivity index (χ3n) is 3.38. The smallest absolute Gasteiger partial charge is 0.187 e. The lowest BCUT2D eigenvalue weighted by Gasteiger charge is -2.39. The van der Waals surface area contributed by atoms with Gasteiger partial charge in [-0.3, -0.25) is 0 Å². The van der Waals surface area contributed by atoms with E-state index in [1.54, 1.807) is 0 Å². The number of rotatable bonds is 4. The Morgan fingerprint density at radius 2 is 1.70 bits per heavy atom. The van der Waals surface area contributed by atoms with Gasteiger partial charge in [-0.05, 0) is 12.5 Å². The number of aliphatic hydroxyl groups is 4. The molecule has 1 aromatic rings. The van der Waals surface area contributed by atoms with Crippen LogP contribution in [0.25, 0.3) is 0 Å². The lowest BCUT2D eigenvalue weighted by Crippen LogP contribution is -2.59. The molecule has 0 bridgehead atoms. The third-order valence-corrected chi connectivity index (χ3v) is 3.38.